The quantitative estimate of drug-likeness (QED) is 0.685. The number of carbonyl (C=O) groups excluding carboxylic acids is 1. The Labute approximate surface area is 143 Å². The number of nitrogens with one attached hydrogen (secondary N) is 1. The van der Waals surface area contributed by atoms with E-state index in [1.807, 2.05) is 18.2 Å². The molecular weight excluding hydrogens is 327 g/mol. The molecule has 0 fully saturated rings. The molecule has 0 saturated heterocycles. The number of hydrogen-bond acceptors (Lipinski definition) is 5. The summed E-state index contributed by atoms with van der Waals surface area (Å²) in [6.07, 6.45) is -0.828. The third-order valence-corrected chi connectivity index (χ3v) is 3.57. The molecule has 0 radical (unpaired) electrons. The van der Waals surface area contributed by atoms with Gasteiger partial charge in [0.2, 0.25) is 5.91 Å². The van der Waals surface area contributed by atoms with Gasteiger partial charge in [0.15, 0.2) is 5.58 Å². The number of carbonyl (C=O) groups is 1. The second kappa shape index (κ2) is 7.76. The van der Waals surface area contributed by atoms with Gasteiger partial charge in [-0.25, -0.2) is 4.39 Å². The Bertz CT molecular complexity index is 848. The number of aromatic nitrogens is 1. The lowest BCUT2D eigenvalue weighted by Crippen LogP contribution is -2.36. The molecule has 1 atom stereocenters. The zero-order valence-corrected chi connectivity index (χ0v) is 13.3. The van der Waals surface area contributed by atoms with E-state index in [0.29, 0.717) is 17.0 Å². The Morgan fingerprint density at radius 1 is 1.24 bits per heavy atom. The van der Waals surface area contributed by atoms with Crippen LogP contribution in [0.2, 0.25) is 0 Å². The van der Waals surface area contributed by atoms with Gasteiger partial charge in [-0.2, -0.15) is 0 Å². The van der Waals surface area contributed by atoms with Crippen molar-refractivity contribution < 1.29 is 23.6 Å². The molecule has 1 aromatic heterocycles. The smallest absolute Gasteiger partial charge is 0.226 e. The average molecular weight is 344 g/mol. The van der Waals surface area contributed by atoms with Gasteiger partial charge in [-0.05, 0) is 36.4 Å². The number of hydrogen-bond donors (Lipinski definition) is 2. The Morgan fingerprint density at radius 2 is 2.00 bits per heavy atom. The van der Waals surface area contributed by atoms with E-state index in [0.717, 1.165) is 5.39 Å². The predicted molar refractivity (Wildman–Crippen MR) is 88.6 cm³/mol. The summed E-state index contributed by atoms with van der Waals surface area (Å²) in [5.41, 5.74) is 1.17. The summed E-state index contributed by atoms with van der Waals surface area (Å²) in [6, 6.07) is 12.8. The maximum absolute atomic E-state index is 12.8. The van der Waals surface area contributed by atoms with Crippen LogP contribution in [0.15, 0.2) is 53.1 Å². The molecule has 6 nitrogen and oxygen atoms in total. The van der Waals surface area contributed by atoms with Gasteiger partial charge < -0.3 is 19.7 Å². The van der Waals surface area contributed by atoms with Crippen molar-refractivity contribution in [1.29, 1.82) is 0 Å². The first-order chi connectivity index (χ1) is 12.1. The molecule has 1 heterocycles. The standard InChI is InChI=1S/C18H17FN2O4/c19-12-5-7-14(8-6-12)24-11-13(22)10-20-18(23)9-16-15-3-1-2-4-17(15)25-21-16/h1-8,13,22H,9-11H2,(H,20,23). The summed E-state index contributed by atoms with van der Waals surface area (Å²) >= 11 is 0. The van der Waals surface area contributed by atoms with Crippen LogP contribution in [0.25, 0.3) is 11.0 Å². The van der Waals surface area contributed by atoms with Gasteiger partial charge in [-0.3, -0.25) is 4.79 Å². The third-order valence-electron chi connectivity index (χ3n) is 3.57. The summed E-state index contributed by atoms with van der Waals surface area (Å²) in [4.78, 5) is 12.0. The van der Waals surface area contributed by atoms with Gasteiger partial charge in [0.1, 0.15) is 30.0 Å². The topological polar surface area (TPSA) is 84.6 Å². The normalized spacial score (nSPS) is 12.1. The van der Waals surface area contributed by atoms with Gasteiger partial charge in [-0.1, -0.05) is 17.3 Å². The first-order valence-electron chi connectivity index (χ1n) is 7.78. The predicted octanol–water partition coefficient (Wildman–Crippen LogP) is 2.07. The van der Waals surface area contributed by atoms with Crippen molar-refractivity contribution in [2.24, 2.45) is 0 Å². The van der Waals surface area contributed by atoms with Crippen LogP contribution in [0, 0.1) is 5.82 Å². The number of aliphatic hydroxyl groups excluding tert-OH is 1. The number of benzene rings is 2. The van der Waals surface area contributed by atoms with Crippen molar-refractivity contribution in [1.82, 2.24) is 10.5 Å². The van der Waals surface area contributed by atoms with Gasteiger partial charge in [0.05, 0.1) is 6.42 Å². The fourth-order valence-electron chi connectivity index (χ4n) is 2.29. The van der Waals surface area contributed by atoms with Gasteiger partial charge in [0, 0.05) is 11.9 Å². The van der Waals surface area contributed by atoms with Crippen molar-refractivity contribution in [2.45, 2.75) is 12.5 Å². The van der Waals surface area contributed by atoms with E-state index in [1.54, 1.807) is 6.07 Å². The first kappa shape index (κ1) is 16.9. The molecule has 130 valence electrons. The highest BCUT2D eigenvalue weighted by atomic mass is 19.1. The molecular formula is C18H17FN2O4. The zero-order valence-electron chi connectivity index (χ0n) is 13.3. The Morgan fingerprint density at radius 3 is 2.80 bits per heavy atom. The lowest BCUT2D eigenvalue weighted by molar-refractivity contribution is -0.121. The van der Waals surface area contributed by atoms with E-state index in [1.165, 1.54) is 24.3 Å². The minimum absolute atomic E-state index is 0.0151. The van der Waals surface area contributed by atoms with E-state index in [2.05, 4.69) is 10.5 Å². The van der Waals surface area contributed by atoms with E-state index in [4.69, 9.17) is 9.26 Å². The lowest BCUT2D eigenvalue weighted by atomic mass is 10.1. The number of ether oxygens (including phenoxy) is 1. The van der Waals surface area contributed by atoms with E-state index in [-0.39, 0.29) is 31.3 Å². The van der Waals surface area contributed by atoms with Crippen LogP contribution in [0.1, 0.15) is 5.69 Å². The average Bonchev–Trinajstić information content (AvgIpc) is 3.02. The second-order valence-electron chi connectivity index (χ2n) is 5.53. The Hall–Kier alpha value is -2.93. The summed E-state index contributed by atoms with van der Waals surface area (Å²) in [7, 11) is 0. The molecule has 0 spiro atoms. The molecule has 0 aliphatic rings. The number of rotatable bonds is 7. The number of halogens is 1. The molecule has 0 aliphatic heterocycles. The summed E-state index contributed by atoms with van der Waals surface area (Å²) in [5.74, 6) is -0.193. The Balaban J connectivity index is 1.44. The van der Waals surface area contributed by atoms with E-state index in [9.17, 15) is 14.3 Å². The Kier molecular flexibility index (Phi) is 5.25. The van der Waals surface area contributed by atoms with Crippen molar-refractivity contribution >= 4 is 16.9 Å². The van der Waals surface area contributed by atoms with Crippen LogP contribution in [0.3, 0.4) is 0 Å². The van der Waals surface area contributed by atoms with Crippen LogP contribution < -0.4 is 10.1 Å². The van der Waals surface area contributed by atoms with Crippen LogP contribution >= 0.6 is 0 Å². The molecule has 3 aromatic rings. The molecule has 7 heteroatoms. The molecule has 3 rings (SSSR count). The zero-order chi connectivity index (χ0) is 17.6. The van der Waals surface area contributed by atoms with Crippen molar-refractivity contribution in [3.05, 3.63) is 60.0 Å². The van der Waals surface area contributed by atoms with E-state index >= 15 is 0 Å². The highest BCUT2D eigenvalue weighted by Gasteiger charge is 2.13. The van der Waals surface area contributed by atoms with Crippen molar-refractivity contribution in [2.75, 3.05) is 13.2 Å². The highest BCUT2D eigenvalue weighted by molar-refractivity contribution is 5.86. The fraction of sp³-hybridized carbons (Fsp3) is 0.222. The molecule has 0 bridgehead atoms. The number of nitrogens with zero attached hydrogens (tertiary/aromatic N) is 1. The molecule has 0 aliphatic carbocycles. The lowest BCUT2D eigenvalue weighted by Gasteiger charge is -2.13. The SMILES string of the molecule is O=C(Cc1noc2ccccc12)NCC(O)COc1ccc(F)cc1. The molecule has 0 saturated carbocycles. The highest BCUT2D eigenvalue weighted by Crippen LogP contribution is 2.18. The number of para-hydroxylation sites is 1. The first-order valence-corrected chi connectivity index (χ1v) is 7.78. The second-order valence-corrected chi connectivity index (χ2v) is 5.53. The molecule has 2 aromatic carbocycles. The largest absolute Gasteiger partial charge is 0.491 e. The minimum atomic E-state index is -0.886. The molecule has 2 N–H and O–H groups in total. The van der Waals surface area contributed by atoms with E-state index < -0.39 is 6.10 Å². The number of amides is 1. The maximum Gasteiger partial charge on any atom is 0.226 e. The maximum atomic E-state index is 12.8. The van der Waals surface area contributed by atoms with Crippen LogP contribution in [0.4, 0.5) is 4.39 Å². The molecule has 25 heavy (non-hydrogen) atoms. The van der Waals surface area contributed by atoms with Gasteiger partial charge in [-0.15, -0.1) is 0 Å². The fourth-order valence-corrected chi connectivity index (χ4v) is 2.29. The van der Waals surface area contributed by atoms with Crippen molar-refractivity contribution in [3.8, 4) is 5.75 Å². The third kappa shape index (κ3) is 4.54. The summed E-state index contributed by atoms with van der Waals surface area (Å²) in [5, 5.41) is 17.2. The van der Waals surface area contributed by atoms with Crippen LogP contribution in [-0.2, 0) is 11.2 Å². The molecule has 1 unspecified atom stereocenters. The number of fused-ring (bicyclic) bond motifs is 1. The van der Waals surface area contributed by atoms with Gasteiger partial charge >= 0.3 is 0 Å². The summed E-state index contributed by atoms with van der Waals surface area (Å²) < 4.78 is 23.3. The monoisotopic (exact) mass is 344 g/mol. The van der Waals surface area contributed by atoms with Crippen LogP contribution in [-0.4, -0.2) is 35.4 Å². The van der Waals surface area contributed by atoms with Gasteiger partial charge in [0.25, 0.3) is 0 Å². The van der Waals surface area contributed by atoms with Crippen LogP contribution in [0.5, 0.6) is 5.75 Å². The minimum Gasteiger partial charge on any atom is -0.491 e. The molecule has 1 amide bonds. The number of aliphatic hydroxyl groups is 1. The summed E-state index contributed by atoms with van der Waals surface area (Å²) in [6.45, 7) is 0.0224. The van der Waals surface area contributed by atoms with Crippen molar-refractivity contribution in [3.63, 3.8) is 0 Å².